The van der Waals surface area contributed by atoms with E-state index in [1.807, 2.05) is 6.07 Å². The van der Waals surface area contributed by atoms with Crippen LogP contribution in [0.25, 0.3) is 11.4 Å². The summed E-state index contributed by atoms with van der Waals surface area (Å²) in [7, 11) is 0. The van der Waals surface area contributed by atoms with Crippen molar-refractivity contribution < 1.29 is 13.6 Å². The Labute approximate surface area is 257 Å². The van der Waals surface area contributed by atoms with Crippen molar-refractivity contribution in [1.82, 2.24) is 30.0 Å². The largest absolute Gasteiger partial charge is 0.381 e. The maximum absolute atomic E-state index is 12.6. The predicted molar refractivity (Wildman–Crippen MR) is 169 cm³/mol. The second kappa shape index (κ2) is 13.3. The summed E-state index contributed by atoms with van der Waals surface area (Å²) in [5.41, 5.74) is 10.2. The molecule has 2 aromatic heterocycles. The van der Waals surface area contributed by atoms with Gasteiger partial charge in [-0.05, 0) is 68.9 Å². The number of amides is 1. The van der Waals surface area contributed by atoms with Crippen LogP contribution >= 0.6 is 0 Å². The van der Waals surface area contributed by atoms with Gasteiger partial charge in [0, 0.05) is 86.2 Å². The van der Waals surface area contributed by atoms with E-state index in [-0.39, 0.29) is 11.7 Å². The zero-order chi connectivity index (χ0) is 32.3. The van der Waals surface area contributed by atoms with Gasteiger partial charge in [0.05, 0.1) is 5.69 Å². The number of nitrogens with one attached hydrogen (secondary N) is 3. The van der Waals surface area contributed by atoms with Gasteiger partial charge in [-0.15, -0.1) is 0 Å². The van der Waals surface area contributed by atoms with Gasteiger partial charge in [-0.25, -0.2) is 9.97 Å². The molecule has 5 N–H and O–H groups in total. The molecule has 12 heteroatoms. The Kier molecular flexibility index (Phi) is 7.94. The number of primary amides is 1. The van der Waals surface area contributed by atoms with Crippen molar-refractivity contribution in [3.63, 3.8) is 0 Å². The third-order valence-electron chi connectivity index (χ3n) is 8.81. The topological polar surface area (TPSA) is 141 Å². The number of hydrogen-bond acceptors (Lipinski definition) is 10. The van der Waals surface area contributed by atoms with Crippen LogP contribution < -0.4 is 21.3 Å². The number of likely N-dealkylation sites (N-methyl/N-ethyl adjacent to an activating group) is 1. The summed E-state index contributed by atoms with van der Waals surface area (Å²) in [6.07, 6.45) is 6.23. The van der Waals surface area contributed by atoms with Crippen molar-refractivity contribution >= 4 is 28.9 Å². The highest BCUT2D eigenvalue weighted by molar-refractivity contribution is 5.97. The van der Waals surface area contributed by atoms with Crippen LogP contribution in [0.5, 0.6) is 0 Å². The van der Waals surface area contributed by atoms with Gasteiger partial charge in [0.2, 0.25) is 0 Å². The van der Waals surface area contributed by atoms with Crippen LogP contribution in [0, 0.1) is 0 Å². The van der Waals surface area contributed by atoms with Gasteiger partial charge in [0.25, 0.3) is 5.91 Å². The first-order valence-electron chi connectivity index (χ1n) is 16.9. The van der Waals surface area contributed by atoms with Gasteiger partial charge in [-0.2, -0.15) is 5.10 Å². The highest BCUT2D eigenvalue weighted by Gasteiger charge is 2.28. The van der Waals surface area contributed by atoms with Crippen LogP contribution in [-0.2, 0) is 11.2 Å². The van der Waals surface area contributed by atoms with E-state index in [9.17, 15) is 4.79 Å². The number of rotatable bonds is 9. The van der Waals surface area contributed by atoms with E-state index >= 15 is 0 Å². The summed E-state index contributed by atoms with van der Waals surface area (Å²) in [6, 6.07) is 8.67. The minimum absolute atomic E-state index is 0.0472. The van der Waals surface area contributed by atoms with E-state index in [1.54, 1.807) is 17.2 Å². The zero-order valence-electron chi connectivity index (χ0n) is 27.8. The van der Waals surface area contributed by atoms with Crippen molar-refractivity contribution in [2.24, 2.45) is 5.73 Å². The van der Waals surface area contributed by atoms with Crippen LogP contribution in [-0.4, -0.2) is 107 Å². The smallest absolute Gasteiger partial charge is 0.271 e. The number of nitrogens with zero attached hydrogens (tertiary/aromatic N) is 6. The fraction of sp³-hybridized carbons (Fsp3) is 0.548. The van der Waals surface area contributed by atoms with Gasteiger partial charge in [-0.3, -0.25) is 14.8 Å². The number of nitrogens with two attached hydrogens (primary N) is 1. The molecule has 0 aliphatic carbocycles. The Bertz CT molecular complexity index is 1480. The molecule has 5 heterocycles. The fourth-order valence-electron chi connectivity index (χ4n) is 6.36. The van der Waals surface area contributed by atoms with Crippen molar-refractivity contribution in [2.45, 2.75) is 51.1 Å². The average Bonchev–Trinajstić information content (AvgIpc) is 3.60. The van der Waals surface area contributed by atoms with E-state index in [1.165, 1.54) is 11.3 Å². The molecule has 0 radical (unpaired) electrons. The van der Waals surface area contributed by atoms with Crippen molar-refractivity contribution in [3.8, 4) is 11.4 Å². The van der Waals surface area contributed by atoms with Gasteiger partial charge < -0.3 is 30.9 Å². The monoisotopic (exact) mass is 591 g/mol. The normalized spacial score (nSPS) is 20.8. The molecule has 0 saturated carbocycles. The fourth-order valence-corrected chi connectivity index (χ4v) is 6.36. The van der Waals surface area contributed by atoms with E-state index < -0.39 is 12.9 Å². The summed E-state index contributed by atoms with van der Waals surface area (Å²) in [5, 5.41) is 13.8. The molecule has 43 heavy (non-hydrogen) atoms. The third kappa shape index (κ3) is 6.76. The van der Waals surface area contributed by atoms with Crippen molar-refractivity contribution in [3.05, 3.63) is 41.7 Å². The molecule has 0 bridgehead atoms. The molecular weight excluding hydrogens is 544 g/mol. The van der Waals surface area contributed by atoms with Crippen LogP contribution in [0.3, 0.4) is 0 Å². The van der Waals surface area contributed by atoms with E-state index in [4.69, 9.17) is 19.6 Å². The minimum Gasteiger partial charge on any atom is -0.381 e. The highest BCUT2D eigenvalue weighted by Crippen LogP contribution is 2.32. The van der Waals surface area contributed by atoms with Crippen molar-refractivity contribution in [1.29, 1.82) is 0 Å². The van der Waals surface area contributed by atoms with Crippen LogP contribution in [0.1, 0.15) is 52.8 Å². The lowest BCUT2D eigenvalue weighted by Gasteiger charge is -2.43. The van der Waals surface area contributed by atoms with Gasteiger partial charge in [-0.1, -0.05) is 6.92 Å². The first-order valence-corrected chi connectivity index (χ1v) is 15.4. The number of carbonyl (C=O) groups is 1. The SMILES string of the molecule is [2H]C([2H])([2H])N1CCN(C2CCN(c3ccc(Nc4nc(NC5CCOCC5)c(-c5ccn[nH]5)nc4C(N)=O)cc3CC)CC2)CC1. The second-order valence-corrected chi connectivity index (χ2v) is 11.5. The van der Waals surface area contributed by atoms with E-state index in [0.29, 0.717) is 55.4 Å². The number of aryl methyl sites for hydroxylation is 1. The Hall–Kier alpha value is -3.74. The molecule has 1 amide bonds. The summed E-state index contributed by atoms with van der Waals surface area (Å²) < 4.78 is 28.6. The number of hydrogen-bond donors (Lipinski definition) is 4. The Morgan fingerprint density at radius 2 is 1.86 bits per heavy atom. The van der Waals surface area contributed by atoms with Gasteiger partial charge in [0.1, 0.15) is 5.69 Å². The zero-order valence-corrected chi connectivity index (χ0v) is 24.8. The highest BCUT2D eigenvalue weighted by atomic mass is 16.5. The molecule has 3 aliphatic rings. The molecule has 0 atom stereocenters. The minimum atomic E-state index is -2.01. The lowest BCUT2D eigenvalue weighted by atomic mass is 10.00. The number of carbonyl (C=O) groups excluding carboxylic acids is 1. The summed E-state index contributed by atoms with van der Waals surface area (Å²) in [6.45, 7) is 6.14. The first-order chi connectivity index (χ1) is 22.2. The maximum Gasteiger partial charge on any atom is 0.271 e. The van der Waals surface area contributed by atoms with Crippen LogP contribution in [0.4, 0.5) is 23.0 Å². The predicted octanol–water partition coefficient (Wildman–Crippen LogP) is 3.08. The van der Waals surface area contributed by atoms with Crippen molar-refractivity contribution in [2.75, 3.05) is 75.0 Å². The second-order valence-electron chi connectivity index (χ2n) is 11.5. The quantitative estimate of drug-likeness (QED) is 0.293. The molecule has 3 fully saturated rings. The average molecular weight is 592 g/mol. The first kappa shape index (κ1) is 25.7. The number of aromatic amines is 1. The Balaban J connectivity index is 1.17. The lowest BCUT2D eigenvalue weighted by Crippen LogP contribution is -2.52. The Morgan fingerprint density at radius 1 is 1.07 bits per heavy atom. The molecule has 0 unspecified atom stereocenters. The number of anilines is 4. The van der Waals surface area contributed by atoms with E-state index in [0.717, 1.165) is 64.0 Å². The third-order valence-corrected chi connectivity index (χ3v) is 8.81. The number of aromatic nitrogens is 4. The molecule has 0 spiro atoms. The number of H-pyrrole nitrogens is 1. The molecule has 3 aromatic rings. The van der Waals surface area contributed by atoms with Gasteiger partial charge in [0.15, 0.2) is 17.3 Å². The molecule has 12 nitrogen and oxygen atoms in total. The molecular formula is C31H44N10O2. The Morgan fingerprint density at radius 3 is 2.53 bits per heavy atom. The number of piperazine rings is 1. The standard InChI is InChI=1S/C31H44N10O2/c1-3-21-20-23(4-5-26(21)41-12-7-24(8-13-41)40-16-14-39(2)15-17-40)35-31-28(29(32)42)36-27(25-6-11-33-38-25)30(37-31)34-22-9-18-43-19-10-22/h4-6,11,20,22,24H,3,7-10,12-19H2,1-2H3,(H2,32,42)(H,33,38)(H2,34,35,37)/i2D3. The van der Waals surface area contributed by atoms with E-state index in [2.05, 4.69) is 54.7 Å². The molecule has 3 aliphatic heterocycles. The molecule has 230 valence electrons. The summed E-state index contributed by atoms with van der Waals surface area (Å²) >= 11 is 0. The molecule has 6 rings (SSSR count). The maximum atomic E-state index is 12.6. The molecule has 1 aromatic carbocycles. The number of ether oxygens (including phenoxy) is 1. The molecule has 3 saturated heterocycles. The summed E-state index contributed by atoms with van der Waals surface area (Å²) in [4.78, 5) is 28.6. The van der Waals surface area contributed by atoms with Crippen LogP contribution in [0.15, 0.2) is 30.5 Å². The van der Waals surface area contributed by atoms with Crippen LogP contribution in [0.2, 0.25) is 0 Å². The number of benzene rings is 1. The van der Waals surface area contributed by atoms with Gasteiger partial charge >= 0.3 is 0 Å². The lowest BCUT2D eigenvalue weighted by molar-refractivity contribution is 0.0904. The summed E-state index contributed by atoms with van der Waals surface area (Å²) in [5.74, 6) is 0.154. The number of piperidine rings is 1.